The van der Waals surface area contributed by atoms with Crippen molar-refractivity contribution < 1.29 is 0 Å². The fraction of sp³-hybridized carbons (Fsp3) is 0.182. The number of hydrogen-bond donors (Lipinski definition) is 2. The number of halogens is 1. The Hall–Kier alpha value is -2.07. The second kappa shape index (κ2) is 5.06. The van der Waals surface area contributed by atoms with Crippen molar-refractivity contribution in [3.63, 3.8) is 0 Å². The minimum Gasteiger partial charge on any atom is -0.382 e. The molecule has 0 spiro atoms. The molecule has 92 valence electrons. The van der Waals surface area contributed by atoms with Crippen molar-refractivity contribution in [2.75, 3.05) is 17.6 Å². The van der Waals surface area contributed by atoms with E-state index < -0.39 is 0 Å². The van der Waals surface area contributed by atoms with E-state index in [0.717, 1.165) is 4.47 Å². The summed E-state index contributed by atoms with van der Waals surface area (Å²) in [6.07, 6.45) is 1.65. The van der Waals surface area contributed by atoms with Crippen LogP contribution >= 0.6 is 15.9 Å². The first-order chi connectivity index (χ1) is 8.67. The molecular formula is C11H11BrN6. The molecule has 0 aliphatic rings. The summed E-state index contributed by atoms with van der Waals surface area (Å²) >= 11 is 3.31. The Morgan fingerprint density at radius 3 is 2.89 bits per heavy atom. The van der Waals surface area contributed by atoms with Crippen LogP contribution in [0.3, 0.4) is 0 Å². The number of pyridine rings is 1. The van der Waals surface area contributed by atoms with Crippen LogP contribution in [0, 0.1) is 11.3 Å². The van der Waals surface area contributed by atoms with Gasteiger partial charge >= 0.3 is 0 Å². The molecule has 0 aliphatic carbocycles. The lowest BCUT2D eigenvalue weighted by Crippen LogP contribution is -2.04. The Morgan fingerprint density at radius 1 is 1.56 bits per heavy atom. The van der Waals surface area contributed by atoms with Gasteiger partial charge in [0, 0.05) is 17.2 Å². The zero-order valence-electron chi connectivity index (χ0n) is 9.68. The van der Waals surface area contributed by atoms with E-state index in [1.54, 1.807) is 12.3 Å². The van der Waals surface area contributed by atoms with Gasteiger partial charge in [0.15, 0.2) is 11.6 Å². The minimum atomic E-state index is 0.281. The van der Waals surface area contributed by atoms with Gasteiger partial charge in [-0.15, -0.1) is 5.10 Å². The van der Waals surface area contributed by atoms with Crippen molar-refractivity contribution in [2.24, 2.45) is 0 Å². The highest BCUT2D eigenvalue weighted by Crippen LogP contribution is 2.23. The first-order valence-electron chi connectivity index (χ1n) is 5.31. The molecule has 0 radical (unpaired) electrons. The lowest BCUT2D eigenvalue weighted by Gasteiger charge is -2.02. The van der Waals surface area contributed by atoms with Crippen LogP contribution in [0.15, 0.2) is 22.8 Å². The predicted octanol–water partition coefficient (Wildman–Crippen LogP) is 1.92. The topological polar surface area (TPSA) is 92.6 Å². The Morgan fingerprint density at radius 2 is 2.33 bits per heavy atom. The average Bonchev–Trinajstić information content (AvgIpc) is 2.67. The number of nitrogens with two attached hydrogens (primary N) is 1. The summed E-state index contributed by atoms with van der Waals surface area (Å²) in [5, 5.41) is 16.3. The van der Waals surface area contributed by atoms with Gasteiger partial charge in [0.05, 0.1) is 0 Å². The summed E-state index contributed by atoms with van der Waals surface area (Å²) in [6, 6.07) is 5.65. The molecule has 18 heavy (non-hydrogen) atoms. The molecule has 0 saturated carbocycles. The number of hydrogen-bond acceptors (Lipinski definition) is 5. The minimum absolute atomic E-state index is 0.281. The van der Waals surface area contributed by atoms with E-state index >= 15 is 0 Å². The molecule has 0 bridgehead atoms. The van der Waals surface area contributed by atoms with Crippen LogP contribution in [-0.2, 0) is 0 Å². The molecule has 0 amide bonds. The standard InChI is InChI=1S/C11H11BrN6/c1-2-15-11-8(5-13)10(14)18(17-11)9-4-3-7(12)6-16-9/h3-4,6H,2,14H2,1H3,(H,15,17). The van der Waals surface area contributed by atoms with E-state index in [9.17, 15) is 0 Å². The summed E-state index contributed by atoms with van der Waals surface area (Å²) in [5.41, 5.74) is 6.24. The summed E-state index contributed by atoms with van der Waals surface area (Å²) in [7, 11) is 0. The molecule has 6 nitrogen and oxygen atoms in total. The number of nitrogens with one attached hydrogen (secondary N) is 1. The maximum absolute atomic E-state index is 9.08. The summed E-state index contributed by atoms with van der Waals surface area (Å²) in [4.78, 5) is 4.19. The highest BCUT2D eigenvalue weighted by molar-refractivity contribution is 9.10. The molecule has 3 N–H and O–H groups in total. The zero-order chi connectivity index (χ0) is 13.1. The van der Waals surface area contributed by atoms with Crippen LogP contribution in [0.2, 0.25) is 0 Å². The van der Waals surface area contributed by atoms with Crippen LogP contribution in [0.1, 0.15) is 12.5 Å². The summed E-state index contributed by atoms with van der Waals surface area (Å²) in [5.74, 6) is 1.32. The molecular weight excluding hydrogens is 296 g/mol. The van der Waals surface area contributed by atoms with Gasteiger partial charge in [0.2, 0.25) is 0 Å². The van der Waals surface area contributed by atoms with E-state index in [2.05, 4.69) is 31.3 Å². The average molecular weight is 307 g/mol. The smallest absolute Gasteiger partial charge is 0.168 e. The molecule has 2 heterocycles. The fourth-order valence-corrected chi connectivity index (χ4v) is 1.73. The number of nitrogen functional groups attached to an aromatic ring is 1. The summed E-state index contributed by atoms with van der Waals surface area (Å²) in [6.45, 7) is 2.59. The van der Waals surface area contributed by atoms with E-state index in [4.69, 9.17) is 11.0 Å². The van der Waals surface area contributed by atoms with E-state index in [1.807, 2.05) is 19.1 Å². The first kappa shape index (κ1) is 12.4. The zero-order valence-corrected chi connectivity index (χ0v) is 11.3. The molecule has 2 aromatic heterocycles. The number of nitrogens with zero attached hydrogens (tertiary/aromatic N) is 4. The van der Waals surface area contributed by atoms with Crippen molar-refractivity contribution in [1.82, 2.24) is 14.8 Å². The lowest BCUT2D eigenvalue weighted by molar-refractivity contribution is 0.856. The van der Waals surface area contributed by atoms with Gasteiger partial charge in [-0.3, -0.25) is 0 Å². The van der Waals surface area contributed by atoms with Crippen LogP contribution in [0.5, 0.6) is 0 Å². The largest absolute Gasteiger partial charge is 0.382 e. The van der Waals surface area contributed by atoms with Crippen LogP contribution in [-0.4, -0.2) is 21.3 Å². The number of rotatable bonds is 3. The Bertz CT molecular complexity index is 595. The molecule has 0 aromatic carbocycles. The fourth-order valence-electron chi connectivity index (χ4n) is 1.50. The lowest BCUT2D eigenvalue weighted by atomic mass is 10.3. The third-order valence-corrected chi connectivity index (χ3v) is 2.78. The Balaban J connectivity index is 2.52. The molecule has 0 saturated heterocycles. The quantitative estimate of drug-likeness (QED) is 0.903. The summed E-state index contributed by atoms with van der Waals surface area (Å²) < 4.78 is 2.31. The highest BCUT2D eigenvalue weighted by atomic mass is 79.9. The van der Waals surface area contributed by atoms with Crippen molar-refractivity contribution in [1.29, 1.82) is 5.26 Å². The van der Waals surface area contributed by atoms with Gasteiger partial charge in [-0.2, -0.15) is 9.94 Å². The van der Waals surface area contributed by atoms with Gasteiger partial charge in [-0.05, 0) is 35.0 Å². The monoisotopic (exact) mass is 306 g/mol. The van der Waals surface area contributed by atoms with E-state index in [-0.39, 0.29) is 5.82 Å². The van der Waals surface area contributed by atoms with Crippen molar-refractivity contribution in [3.05, 3.63) is 28.4 Å². The third kappa shape index (κ3) is 2.15. The van der Waals surface area contributed by atoms with E-state index in [0.29, 0.717) is 23.7 Å². The van der Waals surface area contributed by atoms with Crippen molar-refractivity contribution in [3.8, 4) is 11.9 Å². The van der Waals surface area contributed by atoms with Gasteiger partial charge in [0.1, 0.15) is 17.5 Å². The normalized spacial score (nSPS) is 10.1. The van der Waals surface area contributed by atoms with E-state index in [1.165, 1.54) is 4.68 Å². The second-order valence-corrected chi connectivity index (χ2v) is 4.41. The molecule has 0 aliphatic heterocycles. The predicted molar refractivity (Wildman–Crippen MR) is 72.4 cm³/mol. The van der Waals surface area contributed by atoms with Crippen LogP contribution < -0.4 is 11.1 Å². The molecule has 2 aromatic rings. The maximum atomic E-state index is 9.08. The van der Waals surface area contributed by atoms with Gasteiger partial charge in [-0.25, -0.2) is 4.98 Å². The van der Waals surface area contributed by atoms with Crippen molar-refractivity contribution >= 4 is 27.6 Å². The molecule has 0 fully saturated rings. The molecule has 2 rings (SSSR count). The molecule has 7 heteroatoms. The van der Waals surface area contributed by atoms with Crippen LogP contribution in [0.4, 0.5) is 11.6 Å². The van der Waals surface area contributed by atoms with Gasteiger partial charge in [-0.1, -0.05) is 0 Å². The molecule has 0 atom stereocenters. The first-order valence-corrected chi connectivity index (χ1v) is 6.11. The number of nitriles is 1. The second-order valence-electron chi connectivity index (χ2n) is 3.50. The van der Waals surface area contributed by atoms with Crippen LogP contribution in [0.25, 0.3) is 5.82 Å². The Kier molecular flexibility index (Phi) is 3.48. The SMILES string of the molecule is CCNc1nn(-c2ccc(Br)cn2)c(N)c1C#N. The van der Waals surface area contributed by atoms with Gasteiger partial charge < -0.3 is 11.1 Å². The Labute approximate surface area is 113 Å². The maximum Gasteiger partial charge on any atom is 0.168 e. The number of anilines is 2. The third-order valence-electron chi connectivity index (χ3n) is 2.31. The highest BCUT2D eigenvalue weighted by Gasteiger charge is 2.16. The van der Waals surface area contributed by atoms with Crippen molar-refractivity contribution in [2.45, 2.75) is 6.92 Å². The van der Waals surface area contributed by atoms with Gasteiger partial charge in [0.25, 0.3) is 0 Å². The number of aromatic nitrogens is 3. The molecule has 0 unspecified atom stereocenters.